The van der Waals surface area contributed by atoms with E-state index in [0.717, 1.165) is 37.5 Å². The summed E-state index contributed by atoms with van der Waals surface area (Å²) in [6.45, 7) is 7.14. The van der Waals surface area contributed by atoms with Crippen LogP contribution in [-0.4, -0.2) is 12.6 Å². The van der Waals surface area contributed by atoms with Crippen LogP contribution in [0.5, 0.6) is 0 Å². The van der Waals surface area contributed by atoms with Crippen molar-refractivity contribution in [2.75, 3.05) is 0 Å². The highest BCUT2D eigenvalue weighted by Crippen LogP contribution is 2.69. The summed E-state index contributed by atoms with van der Waals surface area (Å²) in [5.74, 6) is 2.46. The molecular formula is C23H34O2. The molecule has 4 aliphatic rings. The molecule has 0 N–H and O–H groups in total. The molecule has 138 valence electrons. The molecule has 4 rings (SSSR count). The zero-order valence-corrected chi connectivity index (χ0v) is 16.2. The summed E-state index contributed by atoms with van der Waals surface area (Å²) in [7, 11) is 0. The Morgan fingerprint density at radius 1 is 1.08 bits per heavy atom. The van der Waals surface area contributed by atoms with Crippen molar-refractivity contribution < 1.29 is 9.59 Å². The van der Waals surface area contributed by atoms with E-state index in [1.165, 1.54) is 44.7 Å². The van der Waals surface area contributed by atoms with E-state index in [4.69, 9.17) is 0 Å². The summed E-state index contributed by atoms with van der Waals surface area (Å²) in [5.41, 5.74) is 2.01. The lowest BCUT2D eigenvalue weighted by Crippen LogP contribution is -2.52. The van der Waals surface area contributed by atoms with Crippen LogP contribution >= 0.6 is 0 Å². The number of hydrogen-bond donors (Lipinski definition) is 0. The molecule has 0 saturated heterocycles. The first kappa shape index (κ1) is 17.5. The molecule has 0 aromatic rings. The third-order valence-electron chi connectivity index (χ3n) is 9.62. The topological polar surface area (TPSA) is 34.1 Å². The molecule has 25 heavy (non-hydrogen) atoms. The molecule has 0 aromatic carbocycles. The second kappa shape index (κ2) is 5.79. The Morgan fingerprint density at radius 2 is 1.84 bits per heavy atom. The van der Waals surface area contributed by atoms with Crippen molar-refractivity contribution in [1.82, 2.24) is 0 Å². The molecule has 2 heteroatoms. The molecule has 3 saturated carbocycles. The molecule has 0 amide bonds. The summed E-state index contributed by atoms with van der Waals surface area (Å²) < 4.78 is 0. The standard InChI is InChI=1S/C23H34O2/c1-4-23(15-25)12-9-20-18-6-5-17-13-16(14-24)7-10-21(17,2)19(18)8-11-22(20,23)3/h5,14-16,18-20H,4,6-13H2,1-3H3/t16?,18-,19+,20+,21+,22+,23+/m1/s1. The fraction of sp³-hybridized carbons (Fsp3) is 0.826. The summed E-state index contributed by atoms with van der Waals surface area (Å²) in [6.07, 6.45) is 15.3. The quantitative estimate of drug-likeness (QED) is 0.511. The van der Waals surface area contributed by atoms with Gasteiger partial charge in [0.05, 0.1) is 0 Å². The van der Waals surface area contributed by atoms with Gasteiger partial charge in [-0.25, -0.2) is 0 Å². The number of hydrogen-bond acceptors (Lipinski definition) is 2. The molecule has 3 fully saturated rings. The van der Waals surface area contributed by atoms with Crippen LogP contribution in [0, 0.1) is 39.9 Å². The molecule has 7 atom stereocenters. The van der Waals surface area contributed by atoms with E-state index in [0.29, 0.717) is 11.3 Å². The molecule has 0 bridgehead atoms. The lowest BCUT2D eigenvalue weighted by molar-refractivity contribution is -0.130. The average molecular weight is 343 g/mol. The Kier molecular flexibility index (Phi) is 4.05. The van der Waals surface area contributed by atoms with Crippen LogP contribution < -0.4 is 0 Å². The van der Waals surface area contributed by atoms with Gasteiger partial charge in [0.25, 0.3) is 0 Å². The zero-order chi connectivity index (χ0) is 17.9. The Hall–Kier alpha value is -0.920. The second-order valence-electron chi connectivity index (χ2n) is 10.0. The van der Waals surface area contributed by atoms with Crippen LogP contribution in [0.15, 0.2) is 11.6 Å². The van der Waals surface area contributed by atoms with E-state index in [1.54, 1.807) is 5.57 Å². The van der Waals surface area contributed by atoms with Gasteiger partial charge in [-0.2, -0.15) is 0 Å². The second-order valence-corrected chi connectivity index (χ2v) is 10.0. The maximum Gasteiger partial charge on any atom is 0.126 e. The largest absolute Gasteiger partial charge is 0.303 e. The van der Waals surface area contributed by atoms with Gasteiger partial charge in [-0.3, -0.25) is 0 Å². The van der Waals surface area contributed by atoms with Crippen molar-refractivity contribution in [2.45, 2.75) is 78.6 Å². The SMILES string of the molecule is CC[C@@]1(C=O)CC[C@H]2[C@@H]3CC=C4CC(C=O)CC[C@]4(C)[C@H]3CC[C@@]21C. The Labute approximate surface area is 152 Å². The molecule has 0 heterocycles. The summed E-state index contributed by atoms with van der Waals surface area (Å²) >= 11 is 0. The van der Waals surface area contributed by atoms with E-state index in [9.17, 15) is 9.59 Å². The van der Waals surface area contributed by atoms with Gasteiger partial charge in [0.15, 0.2) is 0 Å². The van der Waals surface area contributed by atoms with Crippen molar-refractivity contribution in [3.8, 4) is 0 Å². The number of aldehydes is 2. The van der Waals surface area contributed by atoms with Crippen molar-refractivity contribution in [3.05, 3.63) is 11.6 Å². The predicted molar refractivity (Wildman–Crippen MR) is 100 cm³/mol. The van der Waals surface area contributed by atoms with Gasteiger partial charge in [0.1, 0.15) is 12.6 Å². The average Bonchev–Trinajstić information content (AvgIpc) is 2.93. The Bertz CT molecular complexity index is 607. The molecule has 0 spiro atoms. The van der Waals surface area contributed by atoms with Gasteiger partial charge < -0.3 is 9.59 Å². The smallest absolute Gasteiger partial charge is 0.126 e. The van der Waals surface area contributed by atoms with Gasteiger partial charge in [-0.05, 0) is 86.4 Å². The van der Waals surface area contributed by atoms with Gasteiger partial charge >= 0.3 is 0 Å². The molecule has 0 aliphatic heterocycles. The minimum absolute atomic E-state index is 0.0806. The molecule has 0 aromatic heterocycles. The highest BCUT2D eigenvalue weighted by molar-refractivity contribution is 5.62. The molecule has 4 aliphatic carbocycles. The molecular weight excluding hydrogens is 308 g/mol. The van der Waals surface area contributed by atoms with E-state index in [2.05, 4.69) is 26.8 Å². The fourth-order valence-electron chi connectivity index (χ4n) is 7.83. The van der Waals surface area contributed by atoms with E-state index in [1.807, 2.05) is 0 Å². The van der Waals surface area contributed by atoms with Crippen LogP contribution in [0.1, 0.15) is 78.6 Å². The van der Waals surface area contributed by atoms with Crippen LogP contribution in [0.2, 0.25) is 0 Å². The molecule has 1 unspecified atom stereocenters. The minimum Gasteiger partial charge on any atom is -0.303 e. The fourth-order valence-corrected chi connectivity index (χ4v) is 7.83. The van der Waals surface area contributed by atoms with Crippen molar-refractivity contribution in [3.63, 3.8) is 0 Å². The highest BCUT2D eigenvalue weighted by Gasteiger charge is 2.63. The highest BCUT2D eigenvalue weighted by atomic mass is 16.1. The van der Waals surface area contributed by atoms with E-state index < -0.39 is 0 Å². The number of allylic oxidation sites excluding steroid dienone is 2. The Morgan fingerprint density at radius 3 is 2.52 bits per heavy atom. The summed E-state index contributed by atoms with van der Waals surface area (Å²) in [4.78, 5) is 23.4. The lowest BCUT2D eigenvalue weighted by Gasteiger charge is -2.59. The first-order valence-electron chi connectivity index (χ1n) is 10.6. The van der Waals surface area contributed by atoms with Crippen LogP contribution in [0.4, 0.5) is 0 Å². The summed E-state index contributed by atoms with van der Waals surface area (Å²) in [6, 6.07) is 0. The molecule has 0 radical (unpaired) electrons. The maximum absolute atomic E-state index is 12.1. The van der Waals surface area contributed by atoms with Gasteiger partial charge in [-0.15, -0.1) is 0 Å². The lowest BCUT2D eigenvalue weighted by atomic mass is 9.45. The van der Waals surface area contributed by atoms with Crippen molar-refractivity contribution >= 4 is 12.6 Å². The number of carbonyl (C=O) groups is 2. The Balaban J connectivity index is 1.67. The van der Waals surface area contributed by atoms with Crippen LogP contribution in [0.25, 0.3) is 0 Å². The van der Waals surface area contributed by atoms with E-state index >= 15 is 0 Å². The summed E-state index contributed by atoms with van der Waals surface area (Å²) in [5, 5.41) is 0. The van der Waals surface area contributed by atoms with Crippen LogP contribution in [-0.2, 0) is 9.59 Å². The third kappa shape index (κ3) is 2.15. The molecule has 2 nitrogen and oxygen atoms in total. The van der Waals surface area contributed by atoms with Crippen molar-refractivity contribution in [2.24, 2.45) is 39.9 Å². The normalized spacial score (nSPS) is 51.7. The number of fused-ring (bicyclic) bond motifs is 5. The number of carbonyl (C=O) groups excluding carboxylic acids is 2. The maximum atomic E-state index is 12.1. The predicted octanol–water partition coefficient (Wildman–Crippen LogP) is 5.36. The van der Waals surface area contributed by atoms with Gasteiger partial charge in [0.2, 0.25) is 0 Å². The minimum atomic E-state index is -0.0806. The van der Waals surface area contributed by atoms with Crippen LogP contribution in [0.3, 0.4) is 0 Å². The van der Waals surface area contributed by atoms with Gasteiger partial charge in [-0.1, -0.05) is 32.4 Å². The third-order valence-corrected chi connectivity index (χ3v) is 9.62. The van der Waals surface area contributed by atoms with E-state index in [-0.39, 0.29) is 16.7 Å². The zero-order valence-electron chi connectivity index (χ0n) is 16.2. The first-order chi connectivity index (χ1) is 11.9. The first-order valence-corrected chi connectivity index (χ1v) is 10.6. The van der Waals surface area contributed by atoms with Crippen molar-refractivity contribution in [1.29, 1.82) is 0 Å². The number of rotatable bonds is 3. The monoisotopic (exact) mass is 342 g/mol. The van der Waals surface area contributed by atoms with Gasteiger partial charge in [0, 0.05) is 11.3 Å².